The third-order valence-corrected chi connectivity index (χ3v) is 10.1. The van der Waals surface area contributed by atoms with Crippen molar-refractivity contribution in [3.63, 3.8) is 0 Å². The summed E-state index contributed by atoms with van der Waals surface area (Å²) in [5.74, 6) is -0.219. The maximum atomic E-state index is 14.1. The van der Waals surface area contributed by atoms with E-state index in [1.807, 2.05) is 26.8 Å². The van der Waals surface area contributed by atoms with E-state index in [0.29, 0.717) is 37.7 Å². The Balaban J connectivity index is 1.51. The van der Waals surface area contributed by atoms with Crippen LogP contribution in [-0.2, 0) is 19.6 Å². The van der Waals surface area contributed by atoms with Crippen molar-refractivity contribution in [1.29, 1.82) is 0 Å². The molecular weight excluding hydrogens is 482 g/mol. The molecular formula is C26H31N3O4S2. The minimum atomic E-state index is -3.79. The number of hydrogen-bond acceptors (Lipinski definition) is 6. The predicted molar refractivity (Wildman–Crippen MR) is 139 cm³/mol. The highest BCUT2D eigenvalue weighted by Crippen LogP contribution is 2.36. The van der Waals surface area contributed by atoms with Gasteiger partial charge in [0.1, 0.15) is 6.04 Å². The van der Waals surface area contributed by atoms with Crippen LogP contribution < -0.4 is 4.90 Å². The number of nitrogens with zero attached hydrogens (tertiary/aromatic N) is 3. The zero-order valence-electron chi connectivity index (χ0n) is 20.4. The van der Waals surface area contributed by atoms with Gasteiger partial charge in [-0.25, -0.2) is 13.4 Å². The van der Waals surface area contributed by atoms with E-state index in [-0.39, 0.29) is 16.9 Å². The van der Waals surface area contributed by atoms with Gasteiger partial charge in [-0.3, -0.25) is 9.69 Å². The van der Waals surface area contributed by atoms with Crippen LogP contribution in [0.15, 0.2) is 41.3 Å². The lowest BCUT2D eigenvalue weighted by atomic mass is 10.1. The van der Waals surface area contributed by atoms with Gasteiger partial charge in [-0.05, 0) is 69.7 Å². The first-order valence-corrected chi connectivity index (χ1v) is 14.4. The van der Waals surface area contributed by atoms with Gasteiger partial charge in [-0.1, -0.05) is 41.2 Å². The molecule has 2 aliphatic rings. The normalized spacial score (nSPS) is 21.1. The van der Waals surface area contributed by atoms with Crippen LogP contribution in [0.5, 0.6) is 0 Å². The summed E-state index contributed by atoms with van der Waals surface area (Å²) in [6.07, 6.45) is 2.91. The standard InChI is InChI=1S/C26H31N3O4S2/c1-17-8-12-21(13-9-17)35(31,32)29-14-4-7-22(29)25(30)28(16-20-6-5-15-33-20)26-27-23-18(2)10-11-19(3)24(23)34-26/h8-13,20,22H,4-7,14-16H2,1-3H3. The molecule has 3 heterocycles. The average molecular weight is 514 g/mol. The third kappa shape index (κ3) is 4.62. The molecule has 2 atom stereocenters. The summed E-state index contributed by atoms with van der Waals surface area (Å²) in [7, 11) is -3.79. The van der Waals surface area contributed by atoms with E-state index >= 15 is 0 Å². The predicted octanol–water partition coefficient (Wildman–Crippen LogP) is 4.59. The third-order valence-electron chi connectivity index (χ3n) is 6.95. The van der Waals surface area contributed by atoms with E-state index in [1.54, 1.807) is 29.2 Å². The lowest BCUT2D eigenvalue weighted by molar-refractivity contribution is -0.122. The van der Waals surface area contributed by atoms with Crippen molar-refractivity contribution >= 4 is 42.6 Å². The Labute approximate surface area is 210 Å². The molecule has 0 spiro atoms. The number of benzene rings is 2. The first kappa shape index (κ1) is 24.4. The van der Waals surface area contributed by atoms with E-state index < -0.39 is 16.1 Å². The van der Waals surface area contributed by atoms with Gasteiger partial charge in [0.2, 0.25) is 15.9 Å². The number of carbonyl (C=O) groups is 1. The minimum Gasteiger partial charge on any atom is -0.376 e. The van der Waals surface area contributed by atoms with Gasteiger partial charge >= 0.3 is 0 Å². The summed E-state index contributed by atoms with van der Waals surface area (Å²) in [4.78, 5) is 20.8. The molecule has 2 fully saturated rings. The Bertz CT molecular complexity index is 1310. The summed E-state index contributed by atoms with van der Waals surface area (Å²) in [5, 5.41) is 0.609. The maximum absolute atomic E-state index is 14.1. The molecule has 0 saturated carbocycles. The molecule has 9 heteroatoms. The Morgan fingerprint density at radius 1 is 1.09 bits per heavy atom. The molecule has 35 heavy (non-hydrogen) atoms. The molecule has 2 aromatic carbocycles. The van der Waals surface area contributed by atoms with Crippen molar-refractivity contribution in [2.75, 3.05) is 24.6 Å². The number of aryl methyl sites for hydroxylation is 3. The zero-order valence-corrected chi connectivity index (χ0v) is 22.0. The lowest BCUT2D eigenvalue weighted by Gasteiger charge is -2.29. The Kier molecular flexibility index (Phi) is 6.69. The number of thiazole rings is 1. The second-order valence-electron chi connectivity index (χ2n) is 9.54. The van der Waals surface area contributed by atoms with Crippen molar-refractivity contribution in [1.82, 2.24) is 9.29 Å². The van der Waals surface area contributed by atoms with E-state index in [0.717, 1.165) is 39.7 Å². The van der Waals surface area contributed by atoms with Crippen LogP contribution in [0, 0.1) is 20.8 Å². The van der Waals surface area contributed by atoms with Crippen LogP contribution in [0.1, 0.15) is 42.4 Å². The lowest BCUT2D eigenvalue weighted by Crippen LogP contribution is -2.49. The maximum Gasteiger partial charge on any atom is 0.247 e. The van der Waals surface area contributed by atoms with Crippen LogP contribution in [0.25, 0.3) is 10.2 Å². The summed E-state index contributed by atoms with van der Waals surface area (Å²) in [6.45, 7) is 7.38. The number of carbonyl (C=O) groups excluding carboxylic acids is 1. The highest BCUT2D eigenvalue weighted by molar-refractivity contribution is 7.89. The highest BCUT2D eigenvalue weighted by Gasteiger charge is 2.42. The topological polar surface area (TPSA) is 79.8 Å². The van der Waals surface area contributed by atoms with E-state index in [2.05, 4.69) is 6.07 Å². The molecule has 0 N–H and O–H groups in total. The van der Waals surface area contributed by atoms with Crippen molar-refractivity contribution in [3.8, 4) is 0 Å². The number of amides is 1. The van der Waals surface area contributed by atoms with Crippen LogP contribution in [-0.4, -0.2) is 55.5 Å². The molecule has 1 amide bonds. The van der Waals surface area contributed by atoms with Gasteiger partial charge in [-0.15, -0.1) is 0 Å². The van der Waals surface area contributed by atoms with Crippen molar-refractivity contribution in [3.05, 3.63) is 53.1 Å². The summed E-state index contributed by atoms with van der Waals surface area (Å²) >= 11 is 1.49. The fourth-order valence-corrected chi connectivity index (χ4v) is 7.70. The number of aromatic nitrogens is 1. The minimum absolute atomic E-state index is 0.0725. The molecule has 2 unspecified atom stereocenters. The molecule has 5 rings (SSSR count). The Morgan fingerprint density at radius 2 is 1.83 bits per heavy atom. The summed E-state index contributed by atoms with van der Waals surface area (Å²) in [5.41, 5.74) is 4.05. The van der Waals surface area contributed by atoms with Crippen molar-refractivity contribution in [2.45, 2.75) is 63.5 Å². The van der Waals surface area contributed by atoms with Crippen LogP contribution in [0.4, 0.5) is 5.13 Å². The molecule has 0 aliphatic carbocycles. The Hall–Kier alpha value is -2.33. The molecule has 2 aliphatic heterocycles. The quantitative estimate of drug-likeness (QED) is 0.482. The molecule has 7 nitrogen and oxygen atoms in total. The van der Waals surface area contributed by atoms with E-state index in [4.69, 9.17) is 9.72 Å². The van der Waals surface area contributed by atoms with Crippen molar-refractivity contribution < 1.29 is 17.9 Å². The summed E-state index contributed by atoms with van der Waals surface area (Å²) in [6, 6.07) is 10.2. The van der Waals surface area contributed by atoms with Gasteiger partial charge < -0.3 is 4.74 Å². The molecule has 3 aromatic rings. The van der Waals surface area contributed by atoms with Gasteiger partial charge in [0.05, 0.1) is 27.8 Å². The monoisotopic (exact) mass is 513 g/mol. The van der Waals surface area contributed by atoms with E-state index in [1.165, 1.54) is 15.6 Å². The first-order chi connectivity index (χ1) is 16.8. The van der Waals surface area contributed by atoms with Gasteiger partial charge in [0.25, 0.3) is 0 Å². The van der Waals surface area contributed by atoms with E-state index in [9.17, 15) is 13.2 Å². The van der Waals surface area contributed by atoms with Crippen LogP contribution >= 0.6 is 11.3 Å². The summed E-state index contributed by atoms with van der Waals surface area (Å²) < 4.78 is 35.3. The van der Waals surface area contributed by atoms with Crippen LogP contribution in [0.3, 0.4) is 0 Å². The SMILES string of the molecule is Cc1ccc(S(=O)(=O)N2CCCC2C(=O)N(CC2CCCO2)c2nc3c(C)ccc(C)c3s2)cc1. The average Bonchev–Trinajstić information content (AvgIpc) is 3.60. The zero-order chi connectivity index (χ0) is 24.7. The molecule has 2 saturated heterocycles. The number of anilines is 1. The fraction of sp³-hybridized carbons (Fsp3) is 0.462. The highest BCUT2D eigenvalue weighted by atomic mass is 32.2. The van der Waals surface area contributed by atoms with Gasteiger partial charge in [0, 0.05) is 13.2 Å². The molecule has 0 bridgehead atoms. The Morgan fingerprint density at radius 3 is 2.51 bits per heavy atom. The number of sulfonamides is 1. The van der Waals surface area contributed by atoms with Gasteiger partial charge in [0.15, 0.2) is 5.13 Å². The van der Waals surface area contributed by atoms with Crippen molar-refractivity contribution in [2.24, 2.45) is 0 Å². The smallest absolute Gasteiger partial charge is 0.247 e. The number of rotatable bonds is 6. The van der Waals surface area contributed by atoms with Crippen LogP contribution in [0.2, 0.25) is 0 Å². The molecule has 0 radical (unpaired) electrons. The molecule has 186 valence electrons. The number of ether oxygens (including phenoxy) is 1. The second kappa shape index (κ2) is 9.61. The number of fused-ring (bicyclic) bond motifs is 1. The first-order valence-electron chi connectivity index (χ1n) is 12.1. The largest absolute Gasteiger partial charge is 0.376 e. The number of hydrogen-bond donors (Lipinski definition) is 0. The second-order valence-corrected chi connectivity index (χ2v) is 12.4. The van der Waals surface area contributed by atoms with Gasteiger partial charge in [-0.2, -0.15) is 4.31 Å². The molecule has 1 aromatic heterocycles. The fourth-order valence-electron chi connectivity index (χ4n) is 4.92.